The van der Waals surface area contributed by atoms with E-state index >= 15 is 0 Å². The van der Waals surface area contributed by atoms with Crippen molar-refractivity contribution in [2.45, 2.75) is 48.8 Å². The molecule has 2 fully saturated rings. The first kappa shape index (κ1) is 22.2. The van der Waals surface area contributed by atoms with Crippen molar-refractivity contribution < 1.29 is 27.8 Å². The highest BCUT2D eigenvalue weighted by atomic mass is 32.2. The topological polar surface area (TPSA) is 122 Å². The van der Waals surface area contributed by atoms with Crippen LogP contribution in [0.5, 0.6) is 0 Å². The van der Waals surface area contributed by atoms with Crippen LogP contribution in [0.1, 0.15) is 36.8 Å². The van der Waals surface area contributed by atoms with Crippen molar-refractivity contribution in [1.29, 1.82) is 0 Å². The molecule has 0 aromatic carbocycles. The minimum atomic E-state index is -3.81. The normalized spacial score (nSPS) is 23.1. The molecule has 2 N–H and O–H groups in total. The molecule has 2 aromatic rings. The molecule has 10 nitrogen and oxygen atoms in total. The number of methoxy groups -OCH3 is 1. The third kappa shape index (κ3) is 4.33. The van der Waals surface area contributed by atoms with Crippen molar-refractivity contribution in [2.75, 3.05) is 33.5 Å². The van der Waals surface area contributed by atoms with Gasteiger partial charge < -0.3 is 19.5 Å². The Labute approximate surface area is 181 Å². The minimum Gasteiger partial charge on any atom is -0.391 e. The second-order valence-corrected chi connectivity index (χ2v) is 10.1. The highest BCUT2D eigenvalue weighted by Crippen LogP contribution is 2.26. The summed E-state index contributed by atoms with van der Waals surface area (Å²) in [5, 5.41) is 10.3. The molecule has 2 atom stereocenters. The van der Waals surface area contributed by atoms with Crippen molar-refractivity contribution >= 4 is 21.4 Å². The maximum atomic E-state index is 13.4. The first-order valence-electron chi connectivity index (χ1n) is 10.3. The maximum absolute atomic E-state index is 13.4. The van der Waals surface area contributed by atoms with E-state index in [0.29, 0.717) is 44.7 Å². The van der Waals surface area contributed by atoms with Gasteiger partial charge in [-0.3, -0.25) is 9.20 Å². The Bertz CT molecular complexity index is 1060. The van der Waals surface area contributed by atoms with Gasteiger partial charge in [0.05, 0.1) is 54.1 Å². The number of aliphatic hydroxyl groups is 1. The monoisotopic (exact) mass is 452 g/mol. The third-order valence-electron chi connectivity index (χ3n) is 5.87. The Hall–Kier alpha value is -2.05. The van der Waals surface area contributed by atoms with Crippen LogP contribution >= 0.6 is 0 Å². The minimum absolute atomic E-state index is 0.0320. The quantitative estimate of drug-likeness (QED) is 0.595. The number of aromatic nitrogens is 2. The number of carbonyl (C=O) groups excluding carboxylic acids is 1. The van der Waals surface area contributed by atoms with E-state index in [1.807, 2.05) is 0 Å². The number of hydrogen-bond donors (Lipinski definition) is 2. The summed E-state index contributed by atoms with van der Waals surface area (Å²) in [4.78, 5) is 19.3. The lowest BCUT2D eigenvalue weighted by atomic mass is 10.0. The fourth-order valence-electron chi connectivity index (χ4n) is 4.16. The fraction of sp³-hybridized carbons (Fsp3) is 0.600. The first-order chi connectivity index (χ1) is 14.7. The van der Waals surface area contributed by atoms with Crippen LogP contribution in [0.25, 0.3) is 5.52 Å². The summed E-state index contributed by atoms with van der Waals surface area (Å²) >= 11 is 0. The number of nitrogens with one attached hydrogen (secondary N) is 1. The van der Waals surface area contributed by atoms with Crippen molar-refractivity contribution in [3.63, 3.8) is 0 Å². The van der Waals surface area contributed by atoms with Gasteiger partial charge in [-0.15, -0.1) is 0 Å². The number of hydrogen-bond acceptors (Lipinski definition) is 7. The zero-order valence-electron chi connectivity index (χ0n) is 17.7. The summed E-state index contributed by atoms with van der Waals surface area (Å²) in [7, 11) is -2.26. The van der Waals surface area contributed by atoms with E-state index in [1.54, 1.807) is 25.0 Å². The summed E-state index contributed by atoms with van der Waals surface area (Å²) in [6.45, 7) is 3.02. The SMILES string of the molecule is COCCN(C(=O)c1ncc2ccc(S(=O)(=O)NC3(C)COC3)cn12)[C@H]1CCC[C@@H]1O. The number of fused-ring (bicyclic) bond motifs is 1. The summed E-state index contributed by atoms with van der Waals surface area (Å²) < 4.78 is 40.2. The molecular weight excluding hydrogens is 424 g/mol. The molecule has 1 aliphatic carbocycles. The predicted octanol–water partition coefficient (Wildman–Crippen LogP) is 0.404. The average Bonchev–Trinajstić information content (AvgIpc) is 3.32. The van der Waals surface area contributed by atoms with E-state index in [4.69, 9.17) is 9.47 Å². The number of imidazole rings is 1. The van der Waals surface area contributed by atoms with Gasteiger partial charge in [0, 0.05) is 19.9 Å². The molecule has 1 aliphatic heterocycles. The molecule has 1 amide bonds. The van der Waals surface area contributed by atoms with Gasteiger partial charge in [0.1, 0.15) is 0 Å². The molecule has 0 spiro atoms. The van der Waals surface area contributed by atoms with E-state index < -0.39 is 21.7 Å². The van der Waals surface area contributed by atoms with Gasteiger partial charge in [-0.25, -0.2) is 18.1 Å². The van der Waals surface area contributed by atoms with Crippen LogP contribution in [-0.2, 0) is 19.5 Å². The Morgan fingerprint density at radius 2 is 2.19 bits per heavy atom. The van der Waals surface area contributed by atoms with Gasteiger partial charge in [-0.1, -0.05) is 0 Å². The largest absolute Gasteiger partial charge is 0.391 e. The molecule has 1 saturated heterocycles. The molecule has 2 aliphatic rings. The first-order valence-corrected chi connectivity index (χ1v) is 11.8. The molecule has 0 unspecified atom stereocenters. The zero-order valence-corrected chi connectivity index (χ0v) is 18.5. The molecule has 2 aromatic heterocycles. The van der Waals surface area contributed by atoms with Gasteiger partial charge in [-0.05, 0) is 38.3 Å². The molecule has 3 heterocycles. The van der Waals surface area contributed by atoms with Crippen LogP contribution < -0.4 is 4.72 Å². The number of nitrogens with zero attached hydrogens (tertiary/aromatic N) is 3. The van der Waals surface area contributed by atoms with E-state index in [9.17, 15) is 18.3 Å². The van der Waals surface area contributed by atoms with Gasteiger partial charge >= 0.3 is 0 Å². The Morgan fingerprint density at radius 1 is 1.42 bits per heavy atom. The lowest BCUT2D eigenvalue weighted by molar-refractivity contribution is -0.0523. The predicted molar refractivity (Wildman–Crippen MR) is 111 cm³/mol. The summed E-state index contributed by atoms with van der Waals surface area (Å²) in [5.74, 6) is -0.273. The molecule has 11 heteroatoms. The second kappa shape index (κ2) is 8.47. The number of carbonyl (C=O) groups is 1. The number of ether oxygens (including phenoxy) is 2. The summed E-state index contributed by atoms with van der Waals surface area (Å²) in [6.07, 6.45) is 4.50. The van der Waals surface area contributed by atoms with Crippen LogP contribution in [0, 0.1) is 0 Å². The molecule has 4 rings (SSSR count). The molecule has 0 bridgehead atoms. The zero-order chi connectivity index (χ0) is 22.2. The second-order valence-electron chi connectivity index (χ2n) is 8.46. The number of aliphatic hydroxyl groups excluding tert-OH is 1. The Kier molecular flexibility index (Phi) is 6.05. The molecule has 31 heavy (non-hydrogen) atoms. The van der Waals surface area contributed by atoms with Crippen LogP contribution in [0.2, 0.25) is 0 Å². The van der Waals surface area contributed by atoms with Gasteiger partial charge in [0.25, 0.3) is 5.91 Å². The Morgan fingerprint density at radius 3 is 2.81 bits per heavy atom. The lowest BCUT2D eigenvalue weighted by Gasteiger charge is -2.38. The fourth-order valence-corrected chi connectivity index (χ4v) is 5.53. The van der Waals surface area contributed by atoms with Gasteiger partial charge in [0.15, 0.2) is 0 Å². The number of sulfonamides is 1. The molecular formula is C20H28N4O6S. The van der Waals surface area contributed by atoms with Crippen LogP contribution in [0.4, 0.5) is 0 Å². The number of amides is 1. The van der Waals surface area contributed by atoms with Crippen LogP contribution in [0.3, 0.4) is 0 Å². The standard InChI is InChI=1S/C20H28N4O6S/c1-20(12-30-13-20)22-31(27,28)15-7-6-14-10-21-18(24(14)11-15)19(26)23(8-9-29-2)16-4-3-5-17(16)25/h6-7,10-11,16-17,22,25H,3-5,8-9,12-13H2,1-2H3/t16-,17-/m0/s1. The smallest absolute Gasteiger partial charge is 0.290 e. The number of rotatable bonds is 8. The van der Waals surface area contributed by atoms with E-state index in [0.717, 1.165) is 6.42 Å². The van der Waals surface area contributed by atoms with E-state index in [2.05, 4.69) is 9.71 Å². The van der Waals surface area contributed by atoms with Gasteiger partial charge in [-0.2, -0.15) is 0 Å². The van der Waals surface area contributed by atoms with Crippen molar-refractivity contribution in [3.8, 4) is 0 Å². The summed E-state index contributed by atoms with van der Waals surface area (Å²) in [6, 6.07) is 2.78. The molecule has 0 radical (unpaired) electrons. The highest BCUT2D eigenvalue weighted by molar-refractivity contribution is 7.89. The van der Waals surface area contributed by atoms with Crippen molar-refractivity contribution in [3.05, 3.63) is 30.4 Å². The van der Waals surface area contributed by atoms with E-state index in [1.165, 1.54) is 22.9 Å². The average molecular weight is 453 g/mol. The summed E-state index contributed by atoms with van der Waals surface area (Å²) in [5.41, 5.74) is -0.0455. The Balaban J connectivity index is 1.66. The molecule has 170 valence electrons. The highest BCUT2D eigenvalue weighted by Gasteiger charge is 2.38. The number of pyridine rings is 1. The van der Waals surface area contributed by atoms with E-state index in [-0.39, 0.29) is 22.7 Å². The maximum Gasteiger partial charge on any atom is 0.290 e. The van der Waals surface area contributed by atoms with Crippen LogP contribution in [-0.4, -0.2) is 84.9 Å². The van der Waals surface area contributed by atoms with Crippen molar-refractivity contribution in [2.24, 2.45) is 0 Å². The van der Waals surface area contributed by atoms with Crippen LogP contribution in [0.15, 0.2) is 29.4 Å². The van der Waals surface area contributed by atoms with Gasteiger partial charge in [0.2, 0.25) is 15.8 Å². The van der Waals surface area contributed by atoms with Crippen molar-refractivity contribution in [1.82, 2.24) is 19.0 Å². The third-order valence-corrected chi connectivity index (χ3v) is 7.49. The molecule has 1 saturated carbocycles. The lowest BCUT2D eigenvalue weighted by Crippen LogP contribution is -2.59.